The zero-order chi connectivity index (χ0) is 26.0. The fourth-order valence-corrected chi connectivity index (χ4v) is 5.01. The highest BCUT2D eigenvalue weighted by molar-refractivity contribution is 6.32. The van der Waals surface area contributed by atoms with Crippen molar-refractivity contribution in [3.63, 3.8) is 0 Å². The van der Waals surface area contributed by atoms with Crippen LogP contribution in [0, 0.1) is 0 Å². The maximum Gasteiger partial charge on any atom is 0.137 e. The number of aliphatic hydroxyl groups is 1. The normalized spacial score (nSPS) is 21.5. The second-order valence-electron chi connectivity index (χ2n) is 9.57. The first-order chi connectivity index (χ1) is 16.7. The summed E-state index contributed by atoms with van der Waals surface area (Å²) >= 11 is 6.24. The van der Waals surface area contributed by atoms with Gasteiger partial charge in [0.2, 0.25) is 0 Å². The molecule has 1 aromatic carbocycles. The number of likely N-dealkylation sites (tertiary alicyclic amines) is 1. The van der Waals surface area contributed by atoms with Gasteiger partial charge in [0.05, 0.1) is 37.6 Å². The molecular weight excluding hydrogens is 462 g/mol. The summed E-state index contributed by atoms with van der Waals surface area (Å²) in [6, 6.07) is 6.29. The SMILES string of the molecule is C=C/C=C(CN1C(C)CCC1CC(O)(CC)c1ccc(Cl)c(OC)c1)\C(C)=C(\C)COCCOC. The molecule has 1 saturated heterocycles. The van der Waals surface area contributed by atoms with Crippen LogP contribution in [0.15, 0.2) is 53.6 Å². The minimum atomic E-state index is -0.955. The molecule has 0 spiro atoms. The van der Waals surface area contributed by atoms with E-state index in [1.54, 1.807) is 14.2 Å². The van der Waals surface area contributed by atoms with E-state index in [2.05, 4.69) is 38.3 Å². The monoisotopic (exact) mass is 505 g/mol. The summed E-state index contributed by atoms with van der Waals surface area (Å²) < 4.78 is 16.2. The Labute approximate surface area is 217 Å². The zero-order valence-electron chi connectivity index (χ0n) is 22.4. The Morgan fingerprint density at radius 1 is 1.26 bits per heavy atom. The van der Waals surface area contributed by atoms with Crippen molar-refractivity contribution < 1.29 is 19.3 Å². The molecule has 0 amide bonds. The minimum absolute atomic E-state index is 0.260. The van der Waals surface area contributed by atoms with Crippen molar-refractivity contribution in [2.45, 2.75) is 71.1 Å². The summed E-state index contributed by atoms with van der Waals surface area (Å²) in [7, 11) is 3.28. The van der Waals surface area contributed by atoms with E-state index < -0.39 is 5.60 Å². The highest BCUT2D eigenvalue weighted by atomic mass is 35.5. The Balaban J connectivity index is 2.24. The zero-order valence-corrected chi connectivity index (χ0v) is 23.2. The first-order valence-corrected chi connectivity index (χ1v) is 13.0. The predicted octanol–water partition coefficient (Wildman–Crippen LogP) is 6.30. The molecule has 1 N–H and O–H groups in total. The quantitative estimate of drug-likeness (QED) is 0.237. The van der Waals surface area contributed by atoms with Crippen molar-refractivity contribution in [1.82, 2.24) is 4.90 Å². The number of halogens is 1. The molecular formula is C29H44ClNO4. The van der Waals surface area contributed by atoms with E-state index in [9.17, 15) is 5.11 Å². The van der Waals surface area contributed by atoms with Crippen molar-refractivity contribution in [3.05, 3.63) is 64.2 Å². The van der Waals surface area contributed by atoms with Crippen LogP contribution in [0.25, 0.3) is 0 Å². The fourth-order valence-electron chi connectivity index (χ4n) is 4.82. The molecule has 0 aromatic heterocycles. The summed E-state index contributed by atoms with van der Waals surface area (Å²) in [6.07, 6.45) is 7.39. The summed E-state index contributed by atoms with van der Waals surface area (Å²) in [4.78, 5) is 2.53. The molecule has 0 radical (unpaired) electrons. The van der Waals surface area contributed by atoms with Gasteiger partial charge in [-0.3, -0.25) is 4.90 Å². The van der Waals surface area contributed by atoms with Gasteiger partial charge in [-0.05, 0) is 80.9 Å². The molecule has 3 atom stereocenters. The summed E-state index contributed by atoms with van der Waals surface area (Å²) in [5.41, 5.74) is 3.56. The molecule has 6 heteroatoms. The Morgan fingerprint density at radius 3 is 2.63 bits per heavy atom. The third-order valence-corrected chi connectivity index (χ3v) is 7.66. The highest BCUT2D eigenvalue weighted by Crippen LogP contribution is 2.39. The molecule has 0 bridgehead atoms. The number of benzene rings is 1. The van der Waals surface area contributed by atoms with Gasteiger partial charge in [-0.25, -0.2) is 0 Å². The van der Waals surface area contributed by atoms with Crippen LogP contribution in [0.4, 0.5) is 0 Å². The number of methoxy groups -OCH3 is 2. The summed E-state index contributed by atoms with van der Waals surface area (Å²) in [5.74, 6) is 0.591. The smallest absolute Gasteiger partial charge is 0.137 e. The second kappa shape index (κ2) is 14.2. The van der Waals surface area contributed by atoms with Gasteiger partial charge in [0.1, 0.15) is 5.75 Å². The van der Waals surface area contributed by atoms with E-state index in [0.717, 1.165) is 24.9 Å². The Kier molecular flexibility index (Phi) is 12.0. The van der Waals surface area contributed by atoms with Gasteiger partial charge in [0.15, 0.2) is 0 Å². The largest absolute Gasteiger partial charge is 0.495 e. The van der Waals surface area contributed by atoms with Crippen LogP contribution in [-0.4, -0.2) is 62.7 Å². The Morgan fingerprint density at radius 2 is 2.00 bits per heavy atom. The lowest BCUT2D eigenvalue weighted by molar-refractivity contribution is -0.00141. The Hall–Kier alpha value is -1.63. The lowest BCUT2D eigenvalue weighted by Crippen LogP contribution is -2.41. The lowest BCUT2D eigenvalue weighted by atomic mass is 9.84. The third kappa shape index (κ3) is 7.93. The molecule has 5 nitrogen and oxygen atoms in total. The molecule has 1 aliphatic rings. The van der Waals surface area contributed by atoms with Gasteiger partial charge >= 0.3 is 0 Å². The van der Waals surface area contributed by atoms with Crippen LogP contribution in [0.1, 0.15) is 58.9 Å². The van der Waals surface area contributed by atoms with Gasteiger partial charge < -0.3 is 19.3 Å². The number of rotatable bonds is 14. The van der Waals surface area contributed by atoms with Crippen LogP contribution in [0.5, 0.6) is 5.75 Å². The minimum Gasteiger partial charge on any atom is -0.495 e. The van der Waals surface area contributed by atoms with E-state index in [0.29, 0.717) is 49.5 Å². The summed E-state index contributed by atoms with van der Waals surface area (Å²) in [5, 5.41) is 12.3. The molecule has 0 aliphatic carbocycles. The molecule has 1 heterocycles. The average molecular weight is 506 g/mol. The molecule has 3 unspecified atom stereocenters. The first-order valence-electron chi connectivity index (χ1n) is 12.6. The number of nitrogens with zero attached hydrogens (tertiary/aromatic N) is 1. The predicted molar refractivity (Wildman–Crippen MR) is 145 cm³/mol. The molecule has 196 valence electrons. The number of ether oxygens (including phenoxy) is 3. The molecule has 2 rings (SSSR count). The molecule has 35 heavy (non-hydrogen) atoms. The lowest BCUT2D eigenvalue weighted by Gasteiger charge is -2.36. The van der Waals surface area contributed by atoms with E-state index >= 15 is 0 Å². The van der Waals surface area contributed by atoms with Crippen LogP contribution >= 0.6 is 11.6 Å². The third-order valence-electron chi connectivity index (χ3n) is 7.34. The van der Waals surface area contributed by atoms with Gasteiger partial charge in [-0.1, -0.05) is 43.3 Å². The van der Waals surface area contributed by atoms with Crippen LogP contribution in [0.2, 0.25) is 5.02 Å². The fraction of sp³-hybridized carbons (Fsp3) is 0.586. The van der Waals surface area contributed by atoms with Crippen molar-refractivity contribution in [2.24, 2.45) is 0 Å². The van der Waals surface area contributed by atoms with Gasteiger partial charge in [-0.15, -0.1) is 0 Å². The van der Waals surface area contributed by atoms with Gasteiger partial charge in [-0.2, -0.15) is 0 Å². The van der Waals surface area contributed by atoms with E-state index in [1.165, 1.54) is 16.7 Å². The average Bonchev–Trinajstić information content (AvgIpc) is 3.19. The number of allylic oxidation sites excluding steroid dienone is 2. The second-order valence-corrected chi connectivity index (χ2v) is 9.98. The van der Waals surface area contributed by atoms with E-state index in [1.807, 2.05) is 31.2 Å². The van der Waals surface area contributed by atoms with Gasteiger partial charge in [0.25, 0.3) is 0 Å². The van der Waals surface area contributed by atoms with E-state index in [4.69, 9.17) is 25.8 Å². The van der Waals surface area contributed by atoms with Crippen LogP contribution < -0.4 is 4.74 Å². The maximum atomic E-state index is 11.8. The van der Waals surface area contributed by atoms with Crippen molar-refractivity contribution in [2.75, 3.05) is 40.6 Å². The standard InChI is InChI=1S/C29H44ClNO4/c1-8-10-24(23(5)21(3)20-35-16-15-33-6)19-31-22(4)11-13-26(31)18-29(32,9-2)25-12-14-27(30)28(17-25)34-7/h8,10,12,14,17,22,26,32H,1,9,11,13,15-16,18-20H2,2-7H3/b23-21-,24-10-. The van der Waals surface area contributed by atoms with Crippen LogP contribution in [-0.2, 0) is 15.1 Å². The van der Waals surface area contributed by atoms with E-state index in [-0.39, 0.29) is 6.04 Å². The summed E-state index contributed by atoms with van der Waals surface area (Å²) in [6.45, 7) is 15.1. The van der Waals surface area contributed by atoms with Gasteiger partial charge in [0, 0.05) is 25.7 Å². The molecule has 0 saturated carbocycles. The van der Waals surface area contributed by atoms with Crippen molar-refractivity contribution in [1.29, 1.82) is 0 Å². The van der Waals surface area contributed by atoms with Crippen molar-refractivity contribution >= 4 is 11.6 Å². The maximum absolute atomic E-state index is 11.8. The van der Waals surface area contributed by atoms with Crippen LogP contribution in [0.3, 0.4) is 0 Å². The van der Waals surface area contributed by atoms with Crippen molar-refractivity contribution in [3.8, 4) is 5.75 Å². The first kappa shape index (κ1) is 29.6. The molecule has 1 fully saturated rings. The number of hydrogen-bond donors (Lipinski definition) is 1. The Bertz CT molecular complexity index is 897. The highest BCUT2D eigenvalue weighted by Gasteiger charge is 2.38. The molecule has 1 aliphatic heterocycles. The topological polar surface area (TPSA) is 51.2 Å². The molecule has 1 aromatic rings. The number of hydrogen-bond acceptors (Lipinski definition) is 5.